The lowest BCUT2D eigenvalue weighted by Crippen LogP contribution is -2.13. The Balaban J connectivity index is 2.19. The van der Waals surface area contributed by atoms with Crippen molar-refractivity contribution in [2.75, 3.05) is 12.3 Å². The molecule has 5 heteroatoms. The number of ether oxygens (including phenoxy) is 1. The number of benzene rings is 1. The van der Waals surface area contributed by atoms with Gasteiger partial charge in [0.15, 0.2) is 0 Å². The maximum absolute atomic E-state index is 6.17. The summed E-state index contributed by atoms with van der Waals surface area (Å²) in [6.07, 6.45) is 0.811. The van der Waals surface area contributed by atoms with Crippen molar-refractivity contribution in [3.8, 4) is 5.69 Å². The molecule has 4 nitrogen and oxygen atoms in total. The van der Waals surface area contributed by atoms with Crippen molar-refractivity contribution in [1.82, 2.24) is 9.78 Å². The van der Waals surface area contributed by atoms with Gasteiger partial charge in [0.1, 0.15) is 5.82 Å². The Morgan fingerprint density at radius 2 is 2.18 bits per heavy atom. The average molecular weight is 250 g/mol. The fraction of sp³-hybridized carbons (Fsp3) is 0.250. The molecule has 2 aromatic rings. The summed E-state index contributed by atoms with van der Waals surface area (Å²) in [5.41, 5.74) is 8.84. The molecule has 2 N–H and O–H groups in total. The highest BCUT2D eigenvalue weighted by molar-refractivity contribution is 6.32. The number of para-hydroxylation sites is 1. The van der Waals surface area contributed by atoms with Gasteiger partial charge in [-0.2, -0.15) is 5.10 Å². The third-order valence-corrected chi connectivity index (χ3v) is 3.26. The Morgan fingerprint density at radius 3 is 3.00 bits per heavy atom. The number of halogens is 1. The van der Waals surface area contributed by atoms with Crippen LogP contribution in [0.4, 0.5) is 5.82 Å². The van der Waals surface area contributed by atoms with Crippen molar-refractivity contribution >= 4 is 17.4 Å². The van der Waals surface area contributed by atoms with E-state index in [1.54, 1.807) is 4.68 Å². The Morgan fingerprint density at radius 1 is 1.35 bits per heavy atom. The van der Waals surface area contributed by atoms with E-state index in [2.05, 4.69) is 5.10 Å². The van der Waals surface area contributed by atoms with Gasteiger partial charge in [-0.05, 0) is 12.1 Å². The van der Waals surface area contributed by atoms with Crippen LogP contribution in [0, 0.1) is 0 Å². The second-order valence-corrected chi connectivity index (χ2v) is 4.38. The quantitative estimate of drug-likeness (QED) is 0.843. The molecule has 1 aliphatic heterocycles. The van der Waals surface area contributed by atoms with Crippen LogP contribution in [0.5, 0.6) is 0 Å². The molecule has 0 saturated heterocycles. The zero-order valence-corrected chi connectivity index (χ0v) is 9.94. The smallest absolute Gasteiger partial charge is 0.149 e. The molecule has 0 amide bonds. The molecular formula is C12H12ClN3O. The maximum Gasteiger partial charge on any atom is 0.149 e. The molecule has 0 atom stereocenters. The molecule has 1 aliphatic rings. The zero-order valence-electron chi connectivity index (χ0n) is 9.19. The predicted molar refractivity (Wildman–Crippen MR) is 66.3 cm³/mol. The first-order valence-corrected chi connectivity index (χ1v) is 5.84. The van der Waals surface area contributed by atoms with Crippen LogP contribution in [-0.2, 0) is 17.8 Å². The van der Waals surface area contributed by atoms with E-state index in [0.29, 0.717) is 24.1 Å². The van der Waals surface area contributed by atoms with Crippen molar-refractivity contribution in [3.05, 3.63) is 40.5 Å². The summed E-state index contributed by atoms with van der Waals surface area (Å²) in [6.45, 7) is 1.23. The van der Waals surface area contributed by atoms with Gasteiger partial charge in [0.25, 0.3) is 0 Å². The molecule has 0 fully saturated rings. The number of hydrogen-bond acceptors (Lipinski definition) is 3. The molecule has 0 saturated carbocycles. The van der Waals surface area contributed by atoms with E-state index in [1.165, 1.54) is 0 Å². The number of nitrogens with zero attached hydrogens (tertiary/aromatic N) is 2. The summed E-state index contributed by atoms with van der Waals surface area (Å²) in [7, 11) is 0. The number of nitrogens with two attached hydrogens (primary N) is 1. The van der Waals surface area contributed by atoms with Gasteiger partial charge < -0.3 is 10.5 Å². The van der Waals surface area contributed by atoms with Gasteiger partial charge >= 0.3 is 0 Å². The normalized spacial score (nSPS) is 14.6. The van der Waals surface area contributed by atoms with Gasteiger partial charge in [-0.25, -0.2) is 4.68 Å². The van der Waals surface area contributed by atoms with E-state index in [0.717, 1.165) is 23.4 Å². The van der Waals surface area contributed by atoms with Crippen molar-refractivity contribution in [1.29, 1.82) is 0 Å². The topological polar surface area (TPSA) is 53.1 Å². The van der Waals surface area contributed by atoms with E-state index in [1.807, 2.05) is 24.3 Å². The van der Waals surface area contributed by atoms with Crippen LogP contribution in [0.1, 0.15) is 11.3 Å². The number of aromatic nitrogens is 2. The molecule has 17 heavy (non-hydrogen) atoms. The third kappa shape index (κ3) is 1.69. The molecule has 0 bridgehead atoms. The Labute approximate surface area is 104 Å². The Hall–Kier alpha value is -1.52. The molecule has 0 unspecified atom stereocenters. The highest BCUT2D eigenvalue weighted by atomic mass is 35.5. The first kappa shape index (κ1) is 10.6. The molecular weight excluding hydrogens is 238 g/mol. The van der Waals surface area contributed by atoms with Crippen LogP contribution < -0.4 is 5.73 Å². The molecule has 0 spiro atoms. The van der Waals surface area contributed by atoms with Crippen LogP contribution in [0.15, 0.2) is 24.3 Å². The monoisotopic (exact) mass is 249 g/mol. The van der Waals surface area contributed by atoms with Gasteiger partial charge in [0.2, 0.25) is 0 Å². The number of rotatable bonds is 1. The first-order valence-electron chi connectivity index (χ1n) is 5.46. The van der Waals surface area contributed by atoms with Crippen molar-refractivity contribution in [2.24, 2.45) is 0 Å². The first-order chi connectivity index (χ1) is 8.27. The summed E-state index contributed by atoms with van der Waals surface area (Å²) in [4.78, 5) is 0. The van der Waals surface area contributed by atoms with Gasteiger partial charge in [-0.15, -0.1) is 0 Å². The summed E-state index contributed by atoms with van der Waals surface area (Å²) in [6, 6.07) is 7.57. The Bertz CT molecular complexity index is 565. The lowest BCUT2D eigenvalue weighted by Gasteiger charge is -2.15. The minimum atomic E-state index is 0.532. The van der Waals surface area contributed by atoms with Gasteiger partial charge in [0.05, 0.1) is 29.6 Å². The van der Waals surface area contributed by atoms with Crippen LogP contribution in [0.2, 0.25) is 5.02 Å². The van der Waals surface area contributed by atoms with Crippen LogP contribution >= 0.6 is 11.6 Å². The number of hydrogen-bond donors (Lipinski definition) is 1. The molecule has 88 valence electrons. The largest absolute Gasteiger partial charge is 0.382 e. The third-order valence-electron chi connectivity index (χ3n) is 2.94. The van der Waals surface area contributed by atoms with Crippen LogP contribution in [0.3, 0.4) is 0 Å². The average Bonchev–Trinajstić information content (AvgIpc) is 2.68. The lowest BCUT2D eigenvalue weighted by molar-refractivity contribution is 0.106. The standard InChI is InChI=1S/C12H12ClN3O/c13-9-3-1-2-4-10(9)16-11-7-17-6-5-8(11)12(14)15-16/h1-4H,5-7H2,(H2,14,15). The highest BCUT2D eigenvalue weighted by Crippen LogP contribution is 2.28. The second kappa shape index (κ2) is 4.05. The van der Waals surface area contributed by atoms with Gasteiger partial charge in [-0.3, -0.25) is 0 Å². The summed E-state index contributed by atoms with van der Waals surface area (Å²) in [5.74, 6) is 0.572. The van der Waals surface area contributed by atoms with E-state index in [-0.39, 0.29) is 0 Å². The second-order valence-electron chi connectivity index (χ2n) is 3.98. The summed E-state index contributed by atoms with van der Waals surface area (Å²) in [5, 5.41) is 5.01. The SMILES string of the molecule is Nc1nn(-c2ccccc2Cl)c2c1CCOC2. The predicted octanol–water partition coefficient (Wildman–Crippen LogP) is 2.18. The van der Waals surface area contributed by atoms with E-state index in [9.17, 15) is 0 Å². The fourth-order valence-corrected chi connectivity index (χ4v) is 2.31. The lowest BCUT2D eigenvalue weighted by atomic mass is 10.1. The molecule has 0 aliphatic carbocycles. The molecule has 3 rings (SSSR count). The number of fused-ring (bicyclic) bond motifs is 1. The minimum Gasteiger partial charge on any atom is -0.382 e. The van der Waals surface area contributed by atoms with Crippen molar-refractivity contribution in [3.63, 3.8) is 0 Å². The van der Waals surface area contributed by atoms with E-state index < -0.39 is 0 Å². The molecule has 1 aromatic heterocycles. The van der Waals surface area contributed by atoms with Gasteiger partial charge in [-0.1, -0.05) is 23.7 Å². The van der Waals surface area contributed by atoms with Crippen molar-refractivity contribution in [2.45, 2.75) is 13.0 Å². The summed E-state index contributed by atoms with van der Waals surface area (Å²) >= 11 is 6.17. The number of nitrogen functional groups attached to an aromatic ring is 1. The van der Waals surface area contributed by atoms with Gasteiger partial charge in [0, 0.05) is 12.0 Å². The van der Waals surface area contributed by atoms with E-state index in [4.69, 9.17) is 22.1 Å². The molecule has 2 heterocycles. The van der Waals surface area contributed by atoms with Crippen LogP contribution in [-0.4, -0.2) is 16.4 Å². The fourth-order valence-electron chi connectivity index (χ4n) is 2.09. The molecule has 0 radical (unpaired) electrons. The summed E-state index contributed by atoms with van der Waals surface area (Å²) < 4.78 is 7.24. The van der Waals surface area contributed by atoms with Crippen molar-refractivity contribution < 1.29 is 4.74 Å². The maximum atomic E-state index is 6.17. The Kier molecular flexibility index (Phi) is 2.53. The minimum absolute atomic E-state index is 0.532. The molecule has 1 aromatic carbocycles. The number of anilines is 1. The zero-order chi connectivity index (χ0) is 11.8. The van der Waals surface area contributed by atoms with Crippen LogP contribution in [0.25, 0.3) is 5.69 Å². The van der Waals surface area contributed by atoms with E-state index >= 15 is 0 Å². The highest BCUT2D eigenvalue weighted by Gasteiger charge is 2.21.